The molecule has 3 nitrogen and oxygen atoms in total. The molecule has 0 radical (unpaired) electrons. The molecule has 0 unspecified atom stereocenters. The summed E-state index contributed by atoms with van der Waals surface area (Å²) in [5.74, 6) is 0.759. The molecule has 1 aromatic heterocycles. The summed E-state index contributed by atoms with van der Waals surface area (Å²) in [7, 11) is 1.98. The maximum atomic E-state index is 4.35. The van der Waals surface area contributed by atoms with Crippen molar-refractivity contribution in [2.24, 2.45) is 13.0 Å². The smallest absolute Gasteiger partial charge is 0.0739 e. The summed E-state index contributed by atoms with van der Waals surface area (Å²) in [6.07, 6.45) is 1.22. The minimum Gasteiger partial charge on any atom is -0.311 e. The summed E-state index contributed by atoms with van der Waals surface area (Å²) in [5.41, 5.74) is 2.27. The molecule has 0 spiro atoms. The van der Waals surface area contributed by atoms with Crippen LogP contribution in [0.2, 0.25) is 0 Å². The van der Waals surface area contributed by atoms with Gasteiger partial charge in [-0.05, 0) is 41.7 Å². The number of aromatic nitrogens is 2. The van der Waals surface area contributed by atoms with Gasteiger partial charge in [0.1, 0.15) is 0 Å². The molecule has 0 aliphatic heterocycles. The van der Waals surface area contributed by atoms with E-state index in [1.807, 2.05) is 18.7 Å². The maximum Gasteiger partial charge on any atom is 0.0739 e. The van der Waals surface area contributed by atoms with Gasteiger partial charge in [0.25, 0.3) is 0 Å². The highest BCUT2D eigenvalue weighted by Crippen LogP contribution is 2.19. The highest BCUT2D eigenvalue weighted by molar-refractivity contribution is 9.10. The maximum absolute atomic E-state index is 4.35. The van der Waals surface area contributed by atoms with Crippen LogP contribution in [-0.4, -0.2) is 16.3 Å². The Morgan fingerprint density at radius 3 is 2.60 bits per heavy atom. The zero-order chi connectivity index (χ0) is 11.4. The van der Waals surface area contributed by atoms with Gasteiger partial charge in [0.05, 0.1) is 15.9 Å². The van der Waals surface area contributed by atoms with E-state index in [1.165, 1.54) is 12.1 Å². The van der Waals surface area contributed by atoms with Gasteiger partial charge in [-0.25, -0.2) is 0 Å². The van der Waals surface area contributed by atoms with E-state index in [9.17, 15) is 0 Å². The molecule has 0 saturated carbocycles. The lowest BCUT2D eigenvalue weighted by molar-refractivity contribution is 0.527. The van der Waals surface area contributed by atoms with Crippen LogP contribution in [0.1, 0.15) is 31.7 Å². The molecule has 0 aliphatic rings. The monoisotopic (exact) mass is 273 g/mol. The molecule has 1 aromatic rings. The van der Waals surface area contributed by atoms with Crippen molar-refractivity contribution in [2.75, 3.05) is 6.54 Å². The number of nitrogens with zero attached hydrogens (tertiary/aromatic N) is 2. The van der Waals surface area contributed by atoms with E-state index >= 15 is 0 Å². The van der Waals surface area contributed by atoms with Crippen molar-refractivity contribution in [3.63, 3.8) is 0 Å². The third-order valence-corrected chi connectivity index (χ3v) is 3.48. The zero-order valence-electron chi connectivity index (χ0n) is 9.97. The summed E-state index contributed by atoms with van der Waals surface area (Å²) in [6, 6.07) is 0. The van der Waals surface area contributed by atoms with Gasteiger partial charge in [-0.2, -0.15) is 5.10 Å². The number of aryl methyl sites for hydroxylation is 2. The lowest BCUT2D eigenvalue weighted by atomic mass is 10.1. The highest BCUT2D eigenvalue weighted by atomic mass is 79.9. The van der Waals surface area contributed by atoms with Crippen LogP contribution in [0.15, 0.2) is 4.47 Å². The van der Waals surface area contributed by atoms with Crippen LogP contribution >= 0.6 is 15.9 Å². The largest absolute Gasteiger partial charge is 0.311 e. The Labute approximate surface area is 100 Å². The summed E-state index contributed by atoms with van der Waals surface area (Å²) in [5, 5.41) is 7.79. The second-order valence-electron chi connectivity index (χ2n) is 4.33. The van der Waals surface area contributed by atoms with Gasteiger partial charge < -0.3 is 5.32 Å². The van der Waals surface area contributed by atoms with Crippen molar-refractivity contribution in [2.45, 2.75) is 33.7 Å². The Kier molecular flexibility index (Phi) is 4.80. The van der Waals surface area contributed by atoms with Crippen molar-refractivity contribution in [3.05, 3.63) is 15.9 Å². The van der Waals surface area contributed by atoms with Crippen LogP contribution < -0.4 is 5.32 Å². The highest BCUT2D eigenvalue weighted by Gasteiger charge is 2.09. The standard InChI is InChI=1S/C11H20BrN3/c1-8(2)5-6-13-7-10-11(12)9(3)14-15(10)4/h8,13H,5-7H2,1-4H3. The fourth-order valence-electron chi connectivity index (χ4n) is 1.47. The second kappa shape index (κ2) is 5.66. The summed E-state index contributed by atoms with van der Waals surface area (Å²) in [4.78, 5) is 0. The Balaban J connectivity index is 2.44. The van der Waals surface area contributed by atoms with Crippen molar-refractivity contribution in [1.29, 1.82) is 0 Å². The fraction of sp³-hybridized carbons (Fsp3) is 0.727. The van der Waals surface area contributed by atoms with Crippen LogP contribution in [0.5, 0.6) is 0 Å². The van der Waals surface area contributed by atoms with Gasteiger partial charge in [-0.15, -0.1) is 0 Å². The van der Waals surface area contributed by atoms with E-state index in [0.717, 1.165) is 29.2 Å². The summed E-state index contributed by atoms with van der Waals surface area (Å²) < 4.78 is 3.06. The van der Waals surface area contributed by atoms with Crippen molar-refractivity contribution in [3.8, 4) is 0 Å². The van der Waals surface area contributed by atoms with Gasteiger partial charge in [0.15, 0.2) is 0 Å². The Bertz CT molecular complexity index is 318. The summed E-state index contributed by atoms with van der Waals surface area (Å²) in [6.45, 7) is 8.44. The van der Waals surface area contributed by atoms with Crippen molar-refractivity contribution < 1.29 is 0 Å². The second-order valence-corrected chi connectivity index (χ2v) is 5.12. The normalized spacial score (nSPS) is 11.3. The number of rotatable bonds is 5. The fourth-order valence-corrected chi connectivity index (χ4v) is 1.95. The molecule has 1 rings (SSSR count). The van der Waals surface area contributed by atoms with Crippen molar-refractivity contribution >= 4 is 15.9 Å². The van der Waals surface area contributed by atoms with Crippen molar-refractivity contribution in [1.82, 2.24) is 15.1 Å². The molecule has 15 heavy (non-hydrogen) atoms. The van der Waals surface area contributed by atoms with Crippen LogP contribution in [0.25, 0.3) is 0 Å². The molecule has 1 N–H and O–H groups in total. The van der Waals surface area contributed by atoms with E-state index < -0.39 is 0 Å². The van der Waals surface area contributed by atoms with Crippen LogP contribution in [0.3, 0.4) is 0 Å². The molecule has 0 aliphatic carbocycles. The van der Waals surface area contributed by atoms with Gasteiger partial charge in [0.2, 0.25) is 0 Å². The Morgan fingerprint density at radius 1 is 1.47 bits per heavy atom. The summed E-state index contributed by atoms with van der Waals surface area (Å²) >= 11 is 3.56. The van der Waals surface area contributed by atoms with E-state index in [1.54, 1.807) is 0 Å². The first-order valence-electron chi connectivity index (χ1n) is 5.41. The lowest BCUT2D eigenvalue weighted by Gasteiger charge is -2.07. The number of hydrogen-bond donors (Lipinski definition) is 1. The van der Waals surface area contributed by atoms with Gasteiger partial charge in [0, 0.05) is 13.6 Å². The average molecular weight is 274 g/mol. The van der Waals surface area contributed by atoms with Crippen LogP contribution in [0.4, 0.5) is 0 Å². The van der Waals surface area contributed by atoms with Crippen LogP contribution in [-0.2, 0) is 13.6 Å². The predicted molar refractivity (Wildman–Crippen MR) is 66.8 cm³/mol. The van der Waals surface area contributed by atoms with Gasteiger partial charge >= 0.3 is 0 Å². The Morgan fingerprint density at radius 2 is 2.13 bits per heavy atom. The molecule has 4 heteroatoms. The van der Waals surface area contributed by atoms with Gasteiger partial charge in [-0.1, -0.05) is 13.8 Å². The third-order valence-electron chi connectivity index (χ3n) is 2.45. The third kappa shape index (κ3) is 3.61. The minimum atomic E-state index is 0.759. The molecule has 86 valence electrons. The molecule has 0 atom stereocenters. The van der Waals surface area contributed by atoms with E-state index in [2.05, 4.69) is 40.2 Å². The molecule has 0 fully saturated rings. The first-order valence-corrected chi connectivity index (χ1v) is 6.20. The molecule has 0 amide bonds. The number of nitrogens with one attached hydrogen (secondary N) is 1. The number of hydrogen-bond acceptors (Lipinski definition) is 2. The van der Waals surface area contributed by atoms with E-state index in [4.69, 9.17) is 0 Å². The SMILES string of the molecule is Cc1nn(C)c(CNCCC(C)C)c1Br. The molecule has 0 bridgehead atoms. The number of halogens is 1. The Hall–Kier alpha value is -0.350. The minimum absolute atomic E-state index is 0.759. The first kappa shape index (κ1) is 12.7. The molecule has 0 saturated heterocycles. The van der Waals surface area contributed by atoms with E-state index in [0.29, 0.717) is 0 Å². The topological polar surface area (TPSA) is 29.9 Å². The average Bonchev–Trinajstić information content (AvgIpc) is 2.37. The molecule has 0 aromatic carbocycles. The van der Waals surface area contributed by atoms with Crippen LogP contribution in [0, 0.1) is 12.8 Å². The molecular weight excluding hydrogens is 254 g/mol. The van der Waals surface area contributed by atoms with Gasteiger partial charge in [-0.3, -0.25) is 4.68 Å². The molecular formula is C11H20BrN3. The predicted octanol–water partition coefficient (Wildman–Crippen LogP) is 2.63. The zero-order valence-corrected chi connectivity index (χ0v) is 11.6. The quantitative estimate of drug-likeness (QED) is 0.836. The first-order chi connectivity index (χ1) is 7.02. The lowest BCUT2D eigenvalue weighted by Crippen LogP contribution is -2.18. The van der Waals surface area contributed by atoms with E-state index in [-0.39, 0.29) is 0 Å². The molecule has 1 heterocycles.